The SMILES string of the molecule is O=S(=O)(C1CC1)N1CCC(Nc2ccc(C(F)(F)F)cn2)CC1. The normalized spacial score (nSPS) is 21.3. The van der Waals surface area contributed by atoms with Crippen LogP contribution in [0.4, 0.5) is 19.0 Å². The fourth-order valence-electron chi connectivity index (χ4n) is 2.69. The molecule has 0 bridgehead atoms. The van der Waals surface area contributed by atoms with Crippen LogP contribution in [0.2, 0.25) is 0 Å². The van der Waals surface area contributed by atoms with Gasteiger partial charge in [-0.1, -0.05) is 0 Å². The molecule has 128 valence electrons. The molecule has 0 atom stereocenters. The molecule has 9 heteroatoms. The van der Waals surface area contributed by atoms with Gasteiger partial charge in [-0.25, -0.2) is 17.7 Å². The Morgan fingerprint density at radius 1 is 1.13 bits per heavy atom. The number of nitrogens with zero attached hydrogens (tertiary/aromatic N) is 2. The van der Waals surface area contributed by atoms with Crippen LogP contribution in [0.1, 0.15) is 31.2 Å². The first-order valence-electron chi connectivity index (χ1n) is 7.55. The van der Waals surface area contributed by atoms with Crippen LogP contribution < -0.4 is 5.32 Å². The van der Waals surface area contributed by atoms with Gasteiger partial charge in [-0.2, -0.15) is 13.2 Å². The van der Waals surface area contributed by atoms with Crippen molar-refractivity contribution in [2.24, 2.45) is 0 Å². The Bertz CT molecular complexity index is 649. The molecule has 23 heavy (non-hydrogen) atoms. The number of pyridine rings is 1. The van der Waals surface area contributed by atoms with Crippen LogP contribution in [0.25, 0.3) is 0 Å². The quantitative estimate of drug-likeness (QED) is 0.907. The molecular formula is C14H18F3N3O2S. The number of aromatic nitrogens is 1. The third-order valence-corrected chi connectivity index (χ3v) is 6.60. The van der Waals surface area contributed by atoms with Crippen molar-refractivity contribution < 1.29 is 21.6 Å². The molecule has 1 aliphatic heterocycles. The van der Waals surface area contributed by atoms with E-state index in [0.29, 0.717) is 31.7 Å². The van der Waals surface area contributed by atoms with Crippen molar-refractivity contribution in [2.75, 3.05) is 18.4 Å². The van der Waals surface area contributed by atoms with Crippen LogP contribution in [-0.4, -0.2) is 42.1 Å². The van der Waals surface area contributed by atoms with Crippen LogP contribution in [-0.2, 0) is 16.2 Å². The third kappa shape index (κ3) is 3.77. The molecule has 1 saturated heterocycles. The highest BCUT2D eigenvalue weighted by molar-refractivity contribution is 7.90. The minimum absolute atomic E-state index is 0.0184. The maximum absolute atomic E-state index is 12.5. The molecule has 5 nitrogen and oxygen atoms in total. The fourth-order valence-corrected chi connectivity index (χ4v) is 4.56. The molecule has 1 N–H and O–H groups in total. The average molecular weight is 349 g/mol. The van der Waals surface area contributed by atoms with Gasteiger partial charge in [0.1, 0.15) is 5.82 Å². The fraction of sp³-hybridized carbons (Fsp3) is 0.643. The van der Waals surface area contributed by atoms with E-state index in [-0.39, 0.29) is 11.3 Å². The zero-order valence-electron chi connectivity index (χ0n) is 12.4. The van der Waals surface area contributed by atoms with Crippen molar-refractivity contribution in [2.45, 2.75) is 43.2 Å². The molecule has 0 amide bonds. The first-order chi connectivity index (χ1) is 10.8. The van der Waals surface area contributed by atoms with E-state index < -0.39 is 21.8 Å². The summed E-state index contributed by atoms with van der Waals surface area (Å²) in [5, 5.41) is 2.87. The molecule has 0 unspecified atom stereocenters. The predicted octanol–water partition coefficient (Wildman–Crippen LogP) is 2.47. The summed E-state index contributed by atoms with van der Waals surface area (Å²) in [5.74, 6) is 0.376. The zero-order valence-corrected chi connectivity index (χ0v) is 13.2. The summed E-state index contributed by atoms with van der Waals surface area (Å²) in [6.07, 6.45) is -0.863. The Morgan fingerprint density at radius 2 is 1.78 bits per heavy atom. The Balaban J connectivity index is 1.54. The Kier molecular flexibility index (Phi) is 4.26. The van der Waals surface area contributed by atoms with Crippen molar-refractivity contribution in [3.8, 4) is 0 Å². The van der Waals surface area contributed by atoms with E-state index in [1.807, 2.05) is 0 Å². The van der Waals surface area contributed by atoms with Crippen molar-refractivity contribution >= 4 is 15.8 Å². The highest BCUT2D eigenvalue weighted by Crippen LogP contribution is 2.33. The van der Waals surface area contributed by atoms with Crippen molar-refractivity contribution in [3.63, 3.8) is 0 Å². The maximum Gasteiger partial charge on any atom is 0.417 e. The monoisotopic (exact) mass is 349 g/mol. The third-order valence-electron chi connectivity index (χ3n) is 4.20. The molecule has 3 rings (SSSR count). The second-order valence-corrected chi connectivity index (χ2v) is 8.20. The molecule has 0 spiro atoms. The number of alkyl halides is 3. The zero-order chi connectivity index (χ0) is 16.7. The number of halogens is 3. The minimum Gasteiger partial charge on any atom is -0.367 e. The highest BCUT2D eigenvalue weighted by atomic mass is 32.2. The summed E-state index contributed by atoms with van der Waals surface area (Å²) in [6.45, 7) is 0.883. The molecule has 2 fully saturated rings. The molecule has 0 radical (unpaired) electrons. The number of hydrogen-bond acceptors (Lipinski definition) is 4. The first kappa shape index (κ1) is 16.5. The lowest BCUT2D eigenvalue weighted by Gasteiger charge is -2.32. The van der Waals surface area contributed by atoms with Crippen LogP contribution in [0.5, 0.6) is 0 Å². The van der Waals surface area contributed by atoms with E-state index in [1.165, 1.54) is 10.4 Å². The molecule has 1 saturated carbocycles. The van der Waals surface area contributed by atoms with Crippen LogP contribution in [0, 0.1) is 0 Å². The van der Waals surface area contributed by atoms with Gasteiger partial charge in [0.15, 0.2) is 0 Å². The van der Waals surface area contributed by atoms with Gasteiger partial charge in [-0.15, -0.1) is 0 Å². The standard InChI is InChI=1S/C14H18F3N3O2S/c15-14(16,17)10-1-4-13(18-9-10)19-11-5-7-20(8-6-11)23(21,22)12-2-3-12/h1,4,9,11-12H,2-3,5-8H2,(H,18,19). The molecule has 2 heterocycles. The van der Waals surface area contributed by atoms with Crippen molar-refractivity contribution in [1.29, 1.82) is 0 Å². The van der Waals surface area contributed by atoms with Crippen molar-refractivity contribution in [3.05, 3.63) is 23.9 Å². The van der Waals surface area contributed by atoms with Crippen molar-refractivity contribution in [1.82, 2.24) is 9.29 Å². The summed E-state index contributed by atoms with van der Waals surface area (Å²) in [7, 11) is -3.14. The van der Waals surface area contributed by atoms with Gasteiger partial charge in [0.2, 0.25) is 10.0 Å². The minimum atomic E-state index is -4.39. The summed E-state index contributed by atoms with van der Waals surface area (Å²) >= 11 is 0. The second-order valence-electron chi connectivity index (χ2n) is 5.99. The molecule has 0 aromatic carbocycles. The summed E-state index contributed by atoms with van der Waals surface area (Å²) < 4.78 is 63.2. The molecule has 2 aliphatic rings. The molecule has 1 aromatic heterocycles. The summed E-state index contributed by atoms with van der Waals surface area (Å²) in [5.41, 5.74) is -0.784. The van der Waals surface area contributed by atoms with Gasteiger partial charge in [-0.3, -0.25) is 0 Å². The lowest BCUT2D eigenvalue weighted by atomic mass is 10.1. The lowest BCUT2D eigenvalue weighted by molar-refractivity contribution is -0.137. The van der Waals surface area contributed by atoms with E-state index in [0.717, 1.165) is 25.1 Å². The first-order valence-corrected chi connectivity index (χ1v) is 9.06. The van der Waals surface area contributed by atoms with Crippen LogP contribution >= 0.6 is 0 Å². The van der Waals surface area contributed by atoms with E-state index in [4.69, 9.17) is 0 Å². The number of anilines is 1. The molecule has 1 aliphatic carbocycles. The van der Waals surface area contributed by atoms with Gasteiger partial charge >= 0.3 is 6.18 Å². The smallest absolute Gasteiger partial charge is 0.367 e. The number of hydrogen-bond donors (Lipinski definition) is 1. The van der Waals surface area contributed by atoms with Gasteiger partial charge in [0, 0.05) is 25.3 Å². The summed E-state index contributed by atoms with van der Waals surface area (Å²) in [4.78, 5) is 3.78. The number of piperidine rings is 1. The number of rotatable bonds is 4. The Hall–Kier alpha value is -1.35. The second kappa shape index (κ2) is 5.94. The lowest BCUT2D eigenvalue weighted by Crippen LogP contribution is -2.43. The summed E-state index contributed by atoms with van der Waals surface area (Å²) in [6, 6.07) is 2.31. The Morgan fingerprint density at radius 3 is 2.26 bits per heavy atom. The van der Waals surface area contributed by atoms with Gasteiger partial charge in [0.25, 0.3) is 0 Å². The Labute approximate surface area is 132 Å². The average Bonchev–Trinajstić information content (AvgIpc) is 3.32. The predicted molar refractivity (Wildman–Crippen MR) is 79.4 cm³/mol. The van der Waals surface area contributed by atoms with E-state index in [9.17, 15) is 21.6 Å². The van der Waals surface area contributed by atoms with Gasteiger partial charge in [-0.05, 0) is 37.8 Å². The number of nitrogens with one attached hydrogen (secondary N) is 1. The number of sulfonamides is 1. The van der Waals surface area contributed by atoms with E-state index >= 15 is 0 Å². The topological polar surface area (TPSA) is 62.3 Å². The molecule has 1 aromatic rings. The van der Waals surface area contributed by atoms with Gasteiger partial charge in [0.05, 0.1) is 10.8 Å². The van der Waals surface area contributed by atoms with E-state index in [1.54, 1.807) is 0 Å². The van der Waals surface area contributed by atoms with Gasteiger partial charge < -0.3 is 5.32 Å². The highest BCUT2D eigenvalue weighted by Gasteiger charge is 2.41. The van der Waals surface area contributed by atoms with Crippen LogP contribution in [0.3, 0.4) is 0 Å². The maximum atomic E-state index is 12.5. The van der Waals surface area contributed by atoms with E-state index in [2.05, 4.69) is 10.3 Å². The molecular weight excluding hydrogens is 331 g/mol. The largest absolute Gasteiger partial charge is 0.417 e. The van der Waals surface area contributed by atoms with Crippen LogP contribution in [0.15, 0.2) is 18.3 Å².